The van der Waals surface area contributed by atoms with Gasteiger partial charge in [0.25, 0.3) is 0 Å². The minimum Gasteiger partial charge on any atom is -0.480 e. The Morgan fingerprint density at radius 2 is 1.93 bits per heavy atom. The molecule has 0 aliphatic rings. The number of rotatable bonds is 5. The first-order valence-electron chi connectivity index (χ1n) is 4.19. The van der Waals surface area contributed by atoms with Crippen LogP contribution in [-0.2, 0) is 14.4 Å². The van der Waals surface area contributed by atoms with E-state index >= 15 is 0 Å². The van der Waals surface area contributed by atoms with E-state index in [2.05, 4.69) is 5.32 Å². The second-order valence-corrected chi connectivity index (χ2v) is 3.92. The van der Waals surface area contributed by atoms with E-state index in [0.29, 0.717) is 11.8 Å². The summed E-state index contributed by atoms with van der Waals surface area (Å²) in [6.45, 7) is 2.49. The summed E-state index contributed by atoms with van der Waals surface area (Å²) in [5.41, 5.74) is 0. The molecule has 0 spiro atoms. The Morgan fingerprint density at radius 3 is 2.27 bits per heavy atom. The zero-order valence-electron chi connectivity index (χ0n) is 8.39. The predicted molar refractivity (Wildman–Crippen MR) is 54.4 cm³/mol. The number of aliphatic hydroxyl groups excluding tert-OH is 1. The van der Waals surface area contributed by atoms with Crippen LogP contribution in [0.15, 0.2) is 0 Å². The number of aliphatic hydroxyl groups is 1. The number of carbonyl (C=O) groups is 3. The zero-order chi connectivity index (χ0) is 12.0. The Morgan fingerprint density at radius 1 is 1.40 bits per heavy atom. The molecule has 0 aliphatic carbocycles. The molecule has 86 valence electrons. The van der Waals surface area contributed by atoms with Crippen molar-refractivity contribution in [1.29, 1.82) is 0 Å². The molecule has 0 aromatic rings. The Labute approximate surface area is 91.0 Å². The molecule has 15 heavy (non-hydrogen) atoms. The molecule has 0 saturated carbocycles. The summed E-state index contributed by atoms with van der Waals surface area (Å²) in [5.74, 6) is -1.79. The van der Waals surface area contributed by atoms with Gasteiger partial charge in [-0.25, -0.2) is 4.79 Å². The highest BCUT2D eigenvalue weighted by molar-refractivity contribution is 8.13. The fourth-order valence-electron chi connectivity index (χ4n) is 0.706. The molecule has 0 heterocycles. The molecule has 0 aromatic heterocycles. The van der Waals surface area contributed by atoms with Gasteiger partial charge in [-0.2, -0.15) is 0 Å². The maximum atomic E-state index is 11.0. The van der Waals surface area contributed by atoms with Crippen molar-refractivity contribution in [3.05, 3.63) is 0 Å². The van der Waals surface area contributed by atoms with Gasteiger partial charge in [0.05, 0.1) is 0 Å². The highest BCUT2D eigenvalue weighted by Crippen LogP contribution is 2.07. The normalized spacial score (nSPS) is 14.1. The van der Waals surface area contributed by atoms with Crippen LogP contribution in [0, 0.1) is 0 Å². The van der Waals surface area contributed by atoms with Gasteiger partial charge >= 0.3 is 5.97 Å². The van der Waals surface area contributed by atoms with Crippen molar-refractivity contribution in [1.82, 2.24) is 5.32 Å². The number of carbonyl (C=O) groups excluding carboxylic acids is 2. The monoisotopic (exact) mass is 235 g/mol. The number of aliphatic carboxylic acids is 1. The Bertz CT molecular complexity index is 266. The second-order valence-electron chi connectivity index (χ2n) is 2.90. The SMILES string of the molecule is CC(=O)N[C@H](CSC(=O)[C@H](C)O)C(=O)O. The van der Waals surface area contributed by atoms with Gasteiger partial charge in [-0.15, -0.1) is 0 Å². The van der Waals surface area contributed by atoms with Crippen LogP contribution in [0.4, 0.5) is 0 Å². The summed E-state index contributed by atoms with van der Waals surface area (Å²) in [6.07, 6.45) is -1.14. The third kappa shape index (κ3) is 6.08. The van der Waals surface area contributed by atoms with Crippen molar-refractivity contribution in [3.8, 4) is 0 Å². The van der Waals surface area contributed by atoms with Gasteiger partial charge in [0.1, 0.15) is 12.1 Å². The zero-order valence-corrected chi connectivity index (χ0v) is 9.21. The Balaban J connectivity index is 4.13. The summed E-state index contributed by atoms with van der Waals surface area (Å²) in [5, 5.41) is 19.2. The minimum atomic E-state index is -1.21. The number of hydrogen-bond acceptors (Lipinski definition) is 5. The molecule has 1 amide bonds. The van der Waals surface area contributed by atoms with E-state index in [0.717, 1.165) is 0 Å². The molecule has 2 atom stereocenters. The topological polar surface area (TPSA) is 104 Å². The lowest BCUT2D eigenvalue weighted by atomic mass is 10.3. The van der Waals surface area contributed by atoms with Crippen LogP contribution in [0.1, 0.15) is 13.8 Å². The quantitative estimate of drug-likeness (QED) is 0.577. The molecule has 7 heteroatoms. The molecule has 0 fully saturated rings. The minimum absolute atomic E-state index is 0.0986. The van der Waals surface area contributed by atoms with Gasteiger partial charge in [0.2, 0.25) is 11.0 Å². The molecule has 0 saturated heterocycles. The Hall–Kier alpha value is -1.08. The third-order valence-corrected chi connectivity index (χ3v) is 2.53. The lowest BCUT2D eigenvalue weighted by Crippen LogP contribution is -2.41. The van der Waals surface area contributed by atoms with E-state index < -0.39 is 29.1 Å². The van der Waals surface area contributed by atoms with Crippen LogP contribution in [0.3, 0.4) is 0 Å². The van der Waals surface area contributed by atoms with Gasteiger partial charge in [-0.05, 0) is 6.92 Å². The largest absolute Gasteiger partial charge is 0.480 e. The third-order valence-electron chi connectivity index (χ3n) is 1.41. The van der Waals surface area contributed by atoms with E-state index in [1.165, 1.54) is 13.8 Å². The van der Waals surface area contributed by atoms with Crippen LogP contribution in [0.2, 0.25) is 0 Å². The number of nitrogens with one attached hydrogen (secondary N) is 1. The smallest absolute Gasteiger partial charge is 0.327 e. The average molecular weight is 235 g/mol. The van der Waals surface area contributed by atoms with Crippen LogP contribution in [-0.4, -0.2) is 45.1 Å². The van der Waals surface area contributed by atoms with Crippen LogP contribution >= 0.6 is 11.8 Å². The van der Waals surface area contributed by atoms with E-state index in [1.807, 2.05) is 0 Å². The number of amides is 1. The van der Waals surface area contributed by atoms with Crippen molar-refractivity contribution in [2.45, 2.75) is 26.0 Å². The van der Waals surface area contributed by atoms with Crippen molar-refractivity contribution in [2.24, 2.45) is 0 Å². The molecule has 3 N–H and O–H groups in total. The van der Waals surface area contributed by atoms with Gasteiger partial charge < -0.3 is 15.5 Å². The number of thioether (sulfide) groups is 1. The maximum Gasteiger partial charge on any atom is 0.327 e. The van der Waals surface area contributed by atoms with E-state index in [-0.39, 0.29) is 5.75 Å². The molecule has 0 aromatic carbocycles. The molecule has 0 rings (SSSR count). The summed E-state index contributed by atoms with van der Waals surface area (Å²) < 4.78 is 0. The van der Waals surface area contributed by atoms with Gasteiger partial charge in [-0.3, -0.25) is 9.59 Å². The van der Waals surface area contributed by atoms with E-state index in [9.17, 15) is 14.4 Å². The predicted octanol–water partition coefficient (Wildman–Crippen LogP) is -0.784. The highest BCUT2D eigenvalue weighted by Gasteiger charge is 2.21. The van der Waals surface area contributed by atoms with E-state index in [4.69, 9.17) is 10.2 Å². The van der Waals surface area contributed by atoms with E-state index in [1.54, 1.807) is 0 Å². The molecule has 0 unspecified atom stereocenters. The molecule has 0 radical (unpaired) electrons. The standard InChI is InChI=1S/C8H13NO5S/c1-4(10)8(14)15-3-6(7(12)13)9-5(2)11/h4,6,10H,3H2,1-2H3,(H,9,11)(H,12,13)/t4-,6+/m0/s1. The maximum absolute atomic E-state index is 11.0. The van der Waals surface area contributed by atoms with Crippen molar-refractivity contribution in [2.75, 3.05) is 5.75 Å². The fraction of sp³-hybridized carbons (Fsp3) is 0.625. The summed E-state index contributed by atoms with van der Waals surface area (Å²) >= 11 is 0.678. The van der Waals surface area contributed by atoms with Crippen molar-refractivity contribution >= 4 is 28.8 Å². The lowest BCUT2D eigenvalue weighted by Gasteiger charge is -2.12. The Kier molecular flexibility index (Phi) is 5.95. The van der Waals surface area contributed by atoms with Crippen LogP contribution < -0.4 is 5.32 Å². The molecule has 0 aliphatic heterocycles. The van der Waals surface area contributed by atoms with Gasteiger partial charge in [0, 0.05) is 12.7 Å². The first-order chi connectivity index (χ1) is 6.84. The van der Waals surface area contributed by atoms with Gasteiger partial charge in [-0.1, -0.05) is 11.8 Å². The van der Waals surface area contributed by atoms with Gasteiger partial charge in [0.15, 0.2) is 0 Å². The summed E-state index contributed by atoms with van der Waals surface area (Å²) in [6, 6.07) is -1.12. The fourth-order valence-corrected chi connectivity index (χ4v) is 1.50. The summed E-state index contributed by atoms with van der Waals surface area (Å²) in [7, 11) is 0. The summed E-state index contributed by atoms with van der Waals surface area (Å²) in [4.78, 5) is 32.2. The lowest BCUT2D eigenvalue weighted by molar-refractivity contribution is -0.140. The number of carboxylic acid groups (broad SMARTS) is 1. The van der Waals surface area contributed by atoms with Crippen molar-refractivity contribution in [3.63, 3.8) is 0 Å². The van der Waals surface area contributed by atoms with Crippen molar-refractivity contribution < 1.29 is 24.6 Å². The van der Waals surface area contributed by atoms with Crippen LogP contribution in [0.5, 0.6) is 0 Å². The number of carboxylic acids is 1. The second kappa shape index (κ2) is 6.41. The first kappa shape index (κ1) is 13.9. The van der Waals surface area contributed by atoms with Crippen LogP contribution in [0.25, 0.3) is 0 Å². The number of hydrogen-bond donors (Lipinski definition) is 3. The first-order valence-corrected chi connectivity index (χ1v) is 5.17. The molecular weight excluding hydrogens is 222 g/mol. The molecule has 0 bridgehead atoms. The molecule has 6 nitrogen and oxygen atoms in total. The molecular formula is C8H13NO5S. The average Bonchev–Trinajstić information content (AvgIpc) is 2.10. The highest BCUT2D eigenvalue weighted by atomic mass is 32.2.